The van der Waals surface area contributed by atoms with Crippen LogP contribution in [0.25, 0.3) is 0 Å². The maximum absolute atomic E-state index is 6.33. The van der Waals surface area contributed by atoms with E-state index in [2.05, 4.69) is 22.0 Å². The molecule has 0 heterocycles. The Hall–Kier alpha value is -1.19. The molecule has 2 aromatic rings. The average Bonchev–Trinajstić information content (AvgIpc) is 2.46. The first kappa shape index (κ1) is 14.2. The molecule has 0 saturated carbocycles. The molecule has 0 atom stereocenters. The highest BCUT2D eigenvalue weighted by atomic mass is 79.9. The monoisotopic (exact) mass is 339 g/mol. The van der Waals surface area contributed by atoms with Gasteiger partial charge in [-0.05, 0) is 29.8 Å². The van der Waals surface area contributed by atoms with Crippen molar-refractivity contribution in [2.24, 2.45) is 0 Å². The Morgan fingerprint density at radius 3 is 2.63 bits per heavy atom. The number of benzene rings is 2. The summed E-state index contributed by atoms with van der Waals surface area (Å²) in [6.07, 6.45) is 0. The molecule has 0 saturated heterocycles. The molecule has 0 N–H and O–H groups in total. The SMILES string of the molecule is COc1cccc(N(C)c2ccc(CBr)cc2Cl)c1. The summed E-state index contributed by atoms with van der Waals surface area (Å²) >= 11 is 9.76. The lowest BCUT2D eigenvalue weighted by Gasteiger charge is -2.21. The second-order valence-corrected chi connectivity index (χ2v) is 5.15. The van der Waals surface area contributed by atoms with Crippen molar-refractivity contribution in [2.45, 2.75) is 5.33 Å². The van der Waals surface area contributed by atoms with Crippen LogP contribution in [0.3, 0.4) is 0 Å². The molecule has 0 unspecified atom stereocenters. The molecule has 2 aromatic carbocycles. The number of halogens is 2. The Balaban J connectivity index is 2.35. The van der Waals surface area contributed by atoms with Gasteiger partial charge in [0.15, 0.2) is 0 Å². The van der Waals surface area contributed by atoms with Gasteiger partial charge in [0.2, 0.25) is 0 Å². The molecule has 0 fully saturated rings. The quantitative estimate of drug-likeness (QED) is 0.725. The summed E-state index contributed by atoms with van der Waals surface area (Å²) in [5, 5.41) is 1.54. The molecule has 19 heavy (non-hydrogen) atoms. The zero-order valence-corrected chi connectivity index (χ0v) is 13.2. The van der Waals surface area contributed by atoms with Crippen molar-refractivity contribution in [1.29, 1.82) is 0 Å². The minimum atomic E-state index is 0.738. The Labute approximate surface area is 127 Å². The molecular weight excluding hydrogens is 326 g/mol. The fourth-order valence-corrected chi connectivity index (χ4v) is 2.54. The highest BCUT2D eigenvalue weighted by Crippen LogP contribution is 2.33. The van der Waals surface area contributed by atoms with Crippen LogP contribution >= 0.6 is 27.5 Å². The normalized spacial score (nSPS) is 10.3. The molecule has 0 aliphatic carbocycles. The van der Waals surface area contributed by atoms with Gasteiger partial charge >= 0.3 is 0 Å². The minimum absolute atomic E-state index is 0.738. The Morgan fingerprint density at radius 2 is 2.00 bits per heavy atom. The number of methoxy groups -OCH3 is 1. The highest BCUT2D eigenvalue weighted by Gasteiger charge is 2.09. The first-order valence-corrected chi connectivity index (χ1v) is 7.38. The van der Waals surface area contributed by atoms with E-state index in [0.717, 1.165) is 33.0 Å². The maximum Gasteiger partial charge on any atom is 0.120 e. The van der Waals surface area contributed by atoms with Gasteiger partial charge in [0.05, 0.1) is 17.8 Å². The summed E-state index contributed by atoms with van der Waals surface area (Å²) in [6.45, 7) is 0. The van der Waals surface area contributed by atoms with E-state index in [1.54, 1.807) is 7.11 Å². The number of alkyl halides is 1. The highest BCUT2D eigenvalue weighted by molar-refractivity contribution is 9.08. The molecule has 0 spiro atoms. The number of hydrogen-bond acceptors (Lipinski definition) is 2. The predicted molar refractivity (Wildman–Crippen MR) is 85.1 cm³/mol. The van der Waals surface area contributed by atoms with Crippen LogP contribution in [0.1, 0.15) is 5.56 Å². The van der Waals surface area contributed by atoms with E-state index in [1.807, 2.05) is 48.3 Å². The molecule has 4 heteroatoms. The molecular formula is C15H15BrClNO. The van der Waals surface area contributed by atoms with Gasteiger partial charge in [-0.2, -0.15) is 0 Å². The summed E-state index contributed by atoms with van der Waals surface area (Å²) in [5.41, 5.74) is 3.17. The average molecular weight is 341 g/mol. The van der Waals surface area contributed by atoms with Gasteiger partial charge in [-0.25, -0.2) is 0 Å². The molecule has 2 rings (SSSR count). The minimum Gasteiger partial charge on any atom is -0.497 e. The summed E-state index contributed by atoms with van der Waals surface area (Å²) in [6, 6.07) is 14.0. The van der Waals surface area contributed by atoms with Crippen LogP contribution in [0, 0.1) is 0 Å². The van der Waals surface area contributed by atoms with Crippen LogP contribution in [0.15, 0.2) is 42.5 Å². The van der Waals surface area contributed by atoms with Gasteiger partial charge in [-0.15, -0.1) is 0 Å². The topological polar surface area (TPSA) is 12.5 Å². The van der Waals surface area contributed by atoms with Crippen LogP contribution in [0.5, 0.6) is 5.75 Å². The number of ether oxygens (including phenoxy) is 1. The Morgan fingerprint density at radius 1 is 1.21 bits per heavy atom. The van der Waals surface area contributed by atoms with E-state index in [1.165, 1.54) is 0 Å². The molecule has 100 valence electrons. The van der Waals surface area contributed by atoms with E-state index in [-0.39, 0.29) is 0 Å². The van der Waals surface area contributed by atoms with Crippen LogP contribution in [0.4, 0.5) is 11.4 Å². The van der Waals surface area contributed by atoms with E-state index in [9.17, 15) is 0 Å². The third kappa shape index (κ3) is 3.23. The largest absolute Gasteiger partial charge is 0.497 e. The van der Waals surface area contributed by atoms with E-state index in [4.69, 9.17) is 16.3 Å². The first-order chi connectivity index (χ1) is 9.15. The molecule has 0 aromatic heterocycles. The lowest BCUT2D eigenvalue weighted by molar-refractivity contribution is 0.415. The second-order valence-electron chi connectivity index (χ2n) is 4.18. The smallest absolute Gasteiger partial charge is 0.120 e. The van der Waals surface area contributed by atoms with Crippen molar-refractivity contribution in [3.8, 4) is 5.75 Å². The van der Waals surface area contributed by atoms with E-state index >= 15 is 0 Å². The lowest BCUT2D eigenvalue weighted by Crippen LogP contribution is -2.10. The van der Waals surface area contributed by atoms with Crippen molar-refractivity contribution in [2.75, 3.05) is 19.1 Å². The van der Waals surface area contributed by atoms with Crippen LogP contribution in [-0.4, -0.2) is 14.2 Å². The summed E-state index contributed by atoms with van der Waals surface area (Å²) in [7, 11) is 3.65. The molecule has 0 radical (unpaired) electrons. The standard InChI is InChI=1S/C15H15BrClNO/c1-18(12-4-3-5-13(9-12)19-2)15-7-6-11(10-16)8-14(15)17/h3-9H,10H2,1-2H3. The number of hydrogen-bond donors (Lipinski definition) is 0. The maximum atomic E-state index is 6.33. The van der Waals surface area contributed by atoms with Crippen LogP contribution in [-0.2, 0) is 5.33 Å². The van der Waals surface area contributed by atoms with Crippen LogP contribution < -0.4 is 9.64 Å². The van der Waals surface area contributed by atoms with Gasteiger partial charge in [-0.1, -0.05) is 39.7 Å². The lowest BCUT2D eigenvalue weighted by atomic mass is 10.2. The molecule has 0 amide bonds. The Kier molecular flexibility index (Phi) is 4.72. The van der Waals surface area contributed by atoms with E-state index < -0.39 is 0 Å². The fraction of sp³-hybridized carbons (Fsp3) is 0.200. The summed E-state index contributed by atoms with van der Waals surface area (Å²) in [4.78, 5) is 2.04. The van der Waals surface area contributed by atoms with Crippen molar-refractivity contribution >= 4 is 38.9 Å². The van der Waals surface area contributed by atoms with Gasteiger partial charge in [0.1, 0.15) is 5.75 Å². The number of rotatable bonds is 4. The molecule has 2 nitrogen and oxygen atoms in total. The summed E-state index contributed by atoms with van der Waals surface area (Å²) < 4.78 is 5.24. The third-order valence-corrected chi connectivity index (χ3v) is 3.92. The third-order valence-electron chi connectivity index (χ3n) is 2.97. The summed E-state index contributed by atoms with van der Waals surface area (Å²) in [5.74, 6) is 0.831. The first-order valence-electron chi connectivity index (χ1n) is 5.88. The molecule has 0 bridgehead atoms. The molecule has 0 aliphatic rings. The van der Waals surface area contributed by atoms with E-state index in [0.29, 0.717) is 0 Å². The zero-order valence-electron chi connectivity index (χ0n) is 10.9. The Bertz CT molecular complexity index is 574. The van der Waals surface area contributed by atoms with Gasteiger partial charge in [0.25, 0.3) is 0 Å². The predicted octanol–water partition coefficient (Wildman–Crippen LogP) is 5.01. The van der Waals surface area contributed by atoms with Crippen molar-refractivity contribution in [1.82, 2.24) is 0 Å². The van der Waals surface area contributed by atoms with Gasteiger partial charge < -0.3 is 9.64 Å². The molecule has 0 aliphatic heterocycles. The van der Waals surface area contributed by atoms with Crippen LogP contribution in [0.2, 0.25) is 5.02 Å². The zero-order chi connectivity index (χ0) is 13.8. The van der Waals surface area contributed by atoms with Crippen molar-refractivity contribution in [3.05, 3.63) is 53.1 Å². The second kappa shape index (κ2) is 6.31. The number of anilines is 2. The van der Waals surface area contributed by atoms with Gasteiger partial charge in [0, 0.05) is 24.1 Å². The van der Waals surface area contributed by atoms with Crippen molar-refractivity contribution in [3.63, 3.8) is 0 Å². The van der Waals surface area contributed by atoms with Gasteiger partial charge in [-0.3, -0.25) is 0 Å². The number of nitrogens with zero attached hydrogens (tertiary/aromatic N) is 1. The fourth-order valence-electron chi connectivity index (χ4n) is 1.86. The van der Waals surface area contributed by atoms with Crippen molar-refractivity contribution < 1.29 is 4.74 Å².